The number of halogens is 2. The van der Waals surface area contributed by atoms with E-state index in [2.05, 4.69) is 15.4 Å². The van der Waals surface area contributed by atoms with Gasteiger partial charge in [-0.3, -0.25) is 4.68 Å². The lowest BCUT2D eigenvalue weighted by Crippen LogP contribution is -2.19. The zero-order chi connectivity index (χ0) is 24.5. The Labute approximate surface area is 201 Å². The average molecular weight is 471 g/mol. The number of hydrogen-bond donors (Lipinski definition) is 2. The third-order valence-corrected chi connectivity index (χ3v) is 6.04. The second kappa shape index (κ2) is 9.13. The van der Waals surface area contributed by atoms with E-state index < -0.39 is 6.04 Å². The quantitative estimate of drug-likeness (QED) is 0.335. The van der Waals surface area contributed by atoms with Gasteiger partial charge in [-0.2, -0.15) is 5.10 Å². The standard InChI is InChI=1S/C27H24F2N6/c1-3-16-4-11-23(29)22(14-16)24(32-20-9-10-21-18(15-20)12-13-31-25(21)30)27-33-26(34-35(27)2)17-5-7-19(28)8-6-17/h4-15,24,32H,3H2,1-2H3,(H2,30,31). The minimum atomic E-state index is -0.634. The summed E-state index contributed by atoms with van der Waals surface area (Å²) in [7, 11) is 1.76. The van der Waals surface area contributed by atoms with Gasteiger partial charge in [0.25, 0.3) is 0 Å². The highest BCUT2D eigenvalue weighted by molar-refractivity contribution is 5.92. The Morgan fingerprint density at radius 2 is 1.80 bits per heavy atom. The van der Waals surface area contributed by atoms with E-state index >= 15 is 4.39 Å². The van der Waals surface area contributed by atoms with Gasteiger partial charge in [-0.25, -0.2) is 18.7 Å². The Hall–Kier alpha value is -4.33. The molecule has 0 radical (unpaired) electrons. The molecule has 0 saturated carbocycles. The summed E-state index contributed by atoms with van der Waals surface area (Å²) >= 11 is 0. The molecule has 3 N–H and O–H groups in total. The van der Waals surface area contributed by atoms with Crippen molar-refractivity contribution in [3.05, 3.63) is 102 Å². The summed E-state index contributed by atoms with van der Waals surface area (Å²) in [5.74, 6) is 0.712. The predicted molar refractivity (Wildman–Crippen MR) is 134 cm³/mol. The number of aryl methyl sites for hydroxylation is 2. The molecule has 2 aromatic heterocycles. The lowest BCUT2D eigenvalue weighted by atomic mass is 10.0. The first-order valence-corrected chi connectivity index (χ1v) is 11.3. The molecular formula is C27H24F2N6. The highest BCUT2D eigenvalue weighted by Crippen LogP contribution is 2.31. The molecule has 0 bridgehead atoms. The maximum atomic E-state index is 15.2. The van der Waals surface area contributed by atoms with Crippen molar-refractivity contribution in [1.29, 1.82) is 0 Å². The van der Waals surface area contributed by atoms with E-state index in [4.69, 9.17) is 10.7 Å². The number of fused-ring (bicyclic) bond motifs is 1. The fourth-order valence-corrected chi connectivity index (χ4v) is 4.14. The molecule has 5 rings (SSSR count). The number of pyridine rings is 1. The molecule has 0 aliphatic heterocycles. The van der Waals surface area contributed by atoms with E-state index in [1.165, 1.54) is 18.2 Å². The summed E-state index contributed by atoms with van der Waals surface area (Å²) in [6, 6.07) is 18.0. The molecule has 0 fully saturated rings. The summed E-state index contributed by atoms with van der Waals surface area (Å²) in [6.45, 7) is 2.02. The minimum absolute atomic E-state index is 0.338. The van der Waals surface area contributed by atoms with Crippen molar-refractivity contribution in [1.82, 2.24) is 19.7 Å². The van der Waals surface area contributed by atoms with E-state index in [0.717, 1.165) is 28.4 Å². The van der Waals surface area contributed by atoms with E-state index in [1.54, 1.807) is 36.1 Å². The number of anilines is 2. The van der Waals surface area contributed by atoms with Gasteiger partial charge in [0.1, 0.15) is 23.5 Å². The van der Waals surface area contributed by atoms with Crippen molar-refractivity contribution in [3.8, 4) is 11.4 Å². The van der Waals surface area contributed by atoms with Crippen LogP contribution < -0.4 is 11.1 Å². The summed E-state index contributed by atoms with van der Waals surface area (Å²) in [5, 5.41) is 9.72. The lowest BCUT2D eigenvalue weighted by molar-refractivity contribution is 0.590. The number of rotatable bonds is 6. The van der Waals surface area contributed by atoms with Gasteiger partial charge in [0, 0.05) is 35.4 Å². The fraction of sp³-hybridized carbons (Fsp3) is 0.148. The van der Waals surface area contributed by atoms with Gasteiger partial charge in [0.15, 0.2) is 11.6 Å². The first-order valence-electron chi connectivity index (χ1n) is 11.3. The summed E-state index contributed by atoms with van der Waals surface area (Å²) in [4.78, 5) is 8.86. The molecule has 3 aromatic carbocycles. The summed E-state index contributed by atoms with van der Waals surface area (Å²) in [5.41, 5.74) is 8.90. The molecule has 35 heavy (non-hydrogen) atoms. The number of nitrogen functional groups attached to an aromatic ring is 1. The largest absolute Gasteiger partial charge is 0.383 e. The zero-order valence-electron chi connectivity index (χ0n) is 19.3. The van der Waals surface area contributed by atoms with Crippen molar-refractivity contribution in [2.75, 3.05) is 11.1 Å². The van der Waals surface area contributed by atoms with Crippen LogP contribution >= 0.6 is 0 Å². The number of benzene rings is 3. The van der Waals surface area contributed by atoms with Gasteiger partial charge in [0.05, 0.1) is 0 Å². The normalized spacial score (nSPS) is 12.1. The van der Waals surface area contributed by atoms with Gasteiger partial charge in [0.2, 0.25) is 0 Å². The van der Waals surface area contributed by atoms with Crippen LogP contribution in [0.1, 0.15) is 29.9 Å². The first-order chi connectivity index (χ1) is 16.9. The van der Waals surface area contributed by atoms with Crippen LogP contribution in [0.3, 0.4) is 0 Å². The highest BCUT2D eigenvalue weighted by atomic mass is 19.1. The summed E-state index contributed by atoms with van der Waals surface area (Å²) in [6.07, 6.45) is 2.42. The third kappa shape index (κ3) is 4.42. The molecule has 6 nitrogen and oxygen atoms in total. The first kappa shape index (κ1) is 22.5. The lowest BCUT2D eigenvalue weighted by Gasteiger charge is -2.21. The SMILES string of the molecule is CCc1ccc(F)c(C(Nc2ccc3c(N)nccc3c2)c2nc(-c3ccc(F)cc3)nn2C)c1. The maximum Gasteiger partial charge on any atom is 0.181 e. The number of hydrogen-bond acceptors (Lipinski definition) is 5. The van der Waals surface area contributed by atoms with Crippen LogP contribution in [-0.2, 0) is 13.5 Å². The van der Waals surface area contributed by atoms with Gasteiger partial charge >= 0.3 is 0 Å². The van der Waals surface area contributed by atoms with Crippen LogP contribution in [0.4, 0.5) is 20.3 Å². The second-order valence-electron chi connectivity index (χ2n) is 8.34. The Kier molecular flexibility index (Phi) is 5.86. The highest BCUT2D eigenvalue weighted by Gasteiger charge is 2.25. The van der Waals surface area contributed by atoms with Crippen molar-refractivity contribution in [3.63, 3.8) is 0 Å². The fourth-order valence-electron chi connectivity index (χ4n) is 4.14. The number of nitrogens with two attached hydrogens (primary N) is 1. The Morgan fingerprint density at radius 3 is 2.57 bits per heavy atom. The van der Waals surface area contributed by atoms with E-state index in [0.29, 0.717) is 28.6 Å². The molecule has 0 amide bonds. The van der Waals surface area contributed by atoms with Crippen LogP contribution in [-0.4, -0.2) is 19.7 Å². The number of aromatic nitrogens is 4. The maximum absolute atomic E-state index is 15.2. The monoisotopic (exact) mass is 470 g/mol. The molecule has 8 heteroatoms. The molecule has 1 unspecified atom stereocenters. The molecule has 0 aliphatic rings. The summed E-state index contributed by atoms with van der Waals surface area (Å²) < 4.78 is 30.2. The minimum Gasteiger partial charge on any atom is -0.383 e. The van der Waals surface area contributed by atoms with Crippen molar-refractivity contribution in [2.45, 2.75) is 19.4 Å². The van der Waals surface area contributed by atoms with Gasteiger partial charge in [-0.15, -0.1) is 0 Å². The van der Waals surface area contributed by atoms with Crippen LogP contribution in [0.2, 0.25) is 0 Å². The van der Waals surface area contributed by atoms with Crippen molar-refractivity contribution >= 4 is 22.3 Å². The van der Waals surface area contributed by atoms with Gasteiger partial charge in [-0.1, -0.05) is 19.1 Å². The van der Waals surface area contributed by atoms with Crippen LogP contribution in [0.15, 0.2) is 72.9 Å². The topological polar surface area (TPSA) is 81.7 Å². The molecule has 5 aromatic rings. The van der Waals surface area contributed by atoms with Crippen LogP contribution in [0, 0.1) is 11.6 Å². The average Bonchev–Trinajstić information content (AvgIpc) is 3.25. The second-order valence-corrected chi connectivity index (χ2v) is 8.34. The smallest absolute Gasteiger partial charge is 0.181 e. The van der Waals surface area contributed by atoms with E-state index in [-0.39, 0.29) is 11.6 Å². The predicted octanol–water partition coefficient (Wildman–Crippen LogP) is 5.65. The van der Waals surface area contributed by atoms with Crippen LogP contribution in [0.25, 0.3) is 22.2 Å². The molecule has 0 saturated heterocycles. The Bertz CT molecular complexity index is 1510. The molecular weight excluding hydrogens is 446 g/mol. The van der Waals surface area contributed by atoms with Crippen LogP contribution in [0.5, 0.6) is 0 Å². The molecule has 1 atom stereocenters. The van der Waals surface area contributed by atoms with Gasteiger partial charge < -0.3 is 11.1 Å². The Balaban J connectivity index is 1.62. The Morgan fingerprint density at radius 1 is 1.00 bits per heavy atom. The zero-order valence-corrected chi connectivity index (χ0v) is 19.3. The van der Waals surface area contributed by atoms with Gasteiger partial charge in [-0.05, 0) is 72.0 Å². The molecule has 0 spiro atoms. The number of nitrogens with zero attached hydrogens (tertiary/aromatic N) is 4. The molecule has 2 heterocycles. The molecule has 0 aliphatic carbocycles. The van der Waals surface area contributed by atoms with E-state index in [1.807, 2.05) is 37.3 Å². The van der Waals surface area contributed by atoms with E-state index in [9.17, 15) is 4.39 Å². The van der Waals surface area contributed by atoms with Crippen molar-refractivity contribution in [2.24, 2.45) is 7.05 Å². The number of nitrogens with one attached hydrogen (secondary N) is 1. The van der Waals surface area contributed by atoms with Crippen molar-refractivity contribution < 1.29 is 8.78 Å². The molecule has 176 valence electrons. The third-order valence-electron chi connectivity index (χ3n) is 6.04.